The van der Waals surface area contributed by atoms with Gasteiger partial charge in [0.1, 0.15) is 18.1 Å². The predicted molar refractivity (Wildman–Crippen MR) is 134 cm³/mol. The molecule has 0 bridgehead atoms. The van der Waals surface area contributed by atoms with Crippen LogP contribution in [-0.2, 0) is 35.2 Å². The third-order valence-electron chi connectivity index (χ3n) is 6.33. The zero-order valence-electron chi connectivity index (χ0n) is 20.5. The summed E-state index contributed by atoms with van der Waals surface area (Å²) in [5.41, 5.74) is 17.6. The number of amides is 5. The second-order valence-corrected chi connectivity index (χ2v) is 9.16. The first-order valence-corrected chi connectivity index (χ1v) is 12.0. The van der Waals surface area contributed by atoms with Gasteiger partial charge in [-0.15, -0.1) is 0 Å². The molecule has 0 aliphatic carbocycles. The van der Waals surface area contributed by atoms with Gasteiger partial charge in [-0.05, 0) is 24.5 Å². The number of aromatic amines is 1. The van der Waals surface area contributed by atoms with E-state index >= 15 is 0 Å². The molecule has 38 heavy (non-hydrogen) atoms. The Morgan fingerprint density at radius 3 is 2.37 bits per heavy atom. The first kappa shape index (κ1) is 28.1. The number of aromatic nitrogens is 1. The lowest BCUT2D eigenvalue weighted by molar-refractivity contribution is -0.143. The van der Waals surface area contributed by atoms with Crippen LogP contribution >= 0.6 is 0 Å². The molecule has 1 fully saturated rings. The van der Waals surface area contributed by atoms with E-state index in [2.05, 4.69) is 15.6 Å². The van der Waals surface area contributed by atoms with E-state index < -0.39 is 72.5 Å². The number of hydrogen-bond donors (Lipinski definition) is 7. The van der Waals surface area contributed by atoms with E-state index in [1.54, 1.807) is 12.3 Å². The highest BCUT2D eigenvalue weighted by Gasteiger charge is 2.38. The molecule has 1 aliphatic rings. The Morgan fingerprint density at radius 2 is 1.71 bits per heavy atom. The molecule has 1 aromatic heterocycles. The zero-order chi connectivity index (χ0) is 28.0. The van der Waals surface area contributed by atoms with E-state index in [4.69, 9.17) is 17.2 Å². The van der Waals surface area contributed by atoms with E-state index in [-0.39, 0.29) is 19.4 Å². The Hall–Kier alpha value is -4.46. The number of carboxylic acids is 1. The molecule has 1 saturated heterocycles. The summed E-state index contributed by atoms with van der Waals surface area (Å²) in [5.74, 6) is -5.31. The van der Waals surface area contributed by atoms with Crippen LogP contribution < -0.4 is 27.8 Å². The van der Waals surface area contributed by atoms with Gasteiger partial charge in [0.15, 0.2) is 0 Å². The average molecular weight is 530 g/mol. The number of primary amides is 2. The second kappa shape index (κ2) is 12.2. The molecule has 2 heterocycles. The van der Waals surface area contributed by atoms with Crippen LogP contribution in [0.4, 0.5) is 0 Å². The number of nitrogens with one attached hydrogen (secondary N) is 3. The quantitative estimate of drug-likeness (QED) is 0.159. The molecule has 5 amide bonds. The molecule has 2 aromatic rings. The number of carbonyl (C=O) groups is 6. The van der Waals surface area contributed by atoms with Crippen molar-refractivity contribution in [1.29, 1.82) is 0 Å². The highest BCUT2D eigenvalue weighted by molar-refractivity contribution is 5.97. The Bertz CT molecular complexity index is 1240. The summed E-state index contributed by atoms with van der Waals surface area (Å²) in [6, 6.07) is 2.15. The normalized spacial score (nSPS) is 17.4. The lowest BCUT2D eigenvalue weighted by Crippen LogP contribution is -2.57. The smallest absolute Gasteiger partial charge is 0.326 e. The molecule has 1 aromatic carbocycles. The molecule has 204 valence electrons. The number of nitrogens with zero attached hydrogens (tertiary/aromatic N) is 1. The maximum absolute atomic E-state index is 13.0. The number of hydrogen-bond acceptors (Lipinski definition) is 7. The van der Waals surface area contributed by atoms with E-state index in [0.29, 0.717) is 12.0 Å². The van der Waals surface area contributed by atoms with Crippen molar-refractivity contribution >= 4 is 46.4 Å². The Morgan fingerprint density at radius 1 is 1.03 bits per heavy atom. The molecule has 0 saturated carbocycles. The number of aliphatic carboxylic acids is 1. The van der Waals surface area contributed by atoms with Gasteiger partial charge in [0.05, 0.1) is 18.9 Å². The first-order valence-electron chi connectivity index (χ1n) is 12.0. The standard InChI is InChI=1S/C24H31N7O7/c25-14(9-19(26)32)23(36)31-7-3-6-18(31)22(35)29-16(10-20(27)33)21(34)30-17(24(37)38)8-12-11-28-15-5-2-1-4-13(12)15/h1-2,4-5,11,14,16-18,28H,3,6-10,25H2,(H2,26,32)(H2,27,33)(H,29,35)(H,30,34)(H,37,38). The van der Waals surface area contributed by atoms with Crippen LogP contribution in [0.5, 0.6) is 0 Å². The monoisotopic (exact) mass is 529 g/mol. The second-order valence-electron chi connectivity index (χ2n) is 9.16. The van der Waals surface area contributed by atoms with Crippen molar-refractivity contribution in [2.24, 2.45) is 17.2 Å². The predicted octanol–water partition coefficient (Wildman–Crippen LogP) is -2.17. The number of para-hydroxylation sites is 1. The molecule has 10 N–H and O–H groups in total. The number of nitrogens with two attached hydrogens (primary N) is 3. The molecule has 3 rings (SSSR count). The fourth-order valence-electron chi connectivity index (χ4n) is 4.49. The van der Waals surface area contributed by atoms with Crippen LogP contribution in [0.15, 0.2) is 30.5 Å². The lowest BCUT2D eigenvalue weighted by Gasteiger charge is -2.28. The fraction of sp³-hybridized carbons (Fsp3) is 0.417. The topological polar surface area (TPSA) is 244 Å². The van der Waals surface area contributed by atoms with E-state index in [9.17, 15) is 33.9 Å². The largest absolute Gasteiger partial charge is 0.480 e. The summed E-state index contributed by atoms with van der Waals surface area (Å²) in [4.78, 5) is 77.7. The highest BCUT2D eigenvalue weighted by atomic mass is 16.4. The third-order valence-corrected chi connectivity index (χ3v) is 6.33. The van der Waals surface area contributed by atoms with Gasteiger partial charge in [-0.3, -0.25) is 24.0 Å². The highest BCUT2D eigenvalue weighted by Crippen LogP contribution is 2.20. The number of fused-ring (bicyclic) bond motifs is 1. The lowest BCUT2D eigenvalue weighted by atomic mass is 10.0. The van der Waals surface area contributed by atoms with Gasteiger partial charge in [-0.25, -0.2) is 4.79 Å². The van der Waals surface area contributed by atoms with Crippen molar-refractivity contribution in [2.75, 3.05) is 6.54 Å². The van der Waals surface area contributed by atoms with Gasteiger partial charge >= 0.3 is 5.97 Å². The van der Waals surface area contributed by atoms with Gasteiger partial charge in [0, 0.05) is 30.1 Å². The van der Waals surface area contributed by atoms with Gasteiger partial charge in [0.2, 0.25) is 29.5 Å². The summed E-state index contributed by atoms with van der Waals surface area (Å²) in [6.45, 7) is 0.196. The van der Waals surface area contributed by atoms with E-state index in [1.165, 1.54) is 4.90 Å². The summed E-state index contributed by atoms with van der Waals surface area (Å²) < 4.78 is 0. The number of H-pyrrole nitrogens is 1. The van der Waals surface area contributed by atoms with Crippen molar-refractivity contribution in [3.05, 3.63) is 36.0 Å². The number of carboxylic acid groups (broad SMARTS) is 1. The number of benzene rings is 1. The van der Waals surface area contributed by atoms with E-state index in [0.717, 1.165) is 10.9 Å². The molecule has 1 aliphatic heterocycles. The molecule has 4 atom stereocenters. The molecular weight excluding hydrogens is 498 g/mol. The van der Waals surface area contributed by atoms with Crippen molar-refractivity contribution in [1.82, 2.24) is 20.5 Å². The van der Waals surface area contributed by atoms with Crippen LogP contribution in [0.2, 0.25) is 0 Å². The van der Waals surface area contributed by atoms with Gasteiger partial charge in [-0.1, -0.05) is 18.2 Å². The van der Waals surface area contributed by atoms with E-state index in [1.807, 2.05) is 18.2 Å². The summed E-state index contributed by atoms with van der Waals surface area (Å²) in [5, 5.41) is 15.3. The van der Waals surface area contributed by atoms with Crippen LogP contribution in [0.25, 0.3) is 10.9 Å². The van der Waals surface area contributed by atoms with Crippen molar-refractivity contribution in [3.63, 3.8) is 0 Å². The van der Waals surface area contributed by atoms with Crippen LogP contribution in [-0.4, -0.2) is 81.2 Å². The average Bonchev–Trinajstić information content (AvgIpc) is 3.49. The van der Waals surface area contributed by atoms with Gasteiger partial charge in [0.25, 0.3) is 0 Å². The van der Waals surface area contributed by atoms with Gasteiger partial charge < -0.3 is 42.8 Å². The Kier molecular flexibility index (Phi) is 9.02. The Labute approximate surface area is 217 Å². The number of likely N-dealkylation sites (tertiary alicyclic amines) is 1. The molecular formula is C24H31N7O7. The summed E-state index contributed by atoms with van der Waals surface area (Å²) in [7, 11) is 0. The summed E-state index contributed by atoms with van der Waals surface area (Å²) >= 11 is 0. The minimum Gasteiger partial charge on any atom is -0.480 e. The fourth-order valence-corrected chi connectivity index (χ4v) is 4.49. The van der Waals surface area contributed by atoms with Gasteiger partial charge in [-0.2, -0.15) is 0 Å². The van der Waals surface area contributed by atoms with Crippen LogP contribution in [0.3, 0.4) is 0 Å². The molecule has 0 spiro atoms. The zero-order valence-corrected chi connectivity index (χ0v) is 20.5. The van der Waals surface area contributed by atoms with Crippen LogP contribution in [0.1, 0.15) is 31.2 Å². The molecule has 14 nitrogen and oxygen atoms in total. The SMILES string of the molecule is NC(=O)CC(N)C(=O)N1CCCC1C(=O)NC(CC(N)=O)C(=O)NC(Cc1c[nH]c2ccccc12)C(=O)O. The minimum absolute atomic E-state index is 0.0645. The maximum Gasteiger partial charge on any atom is 0.326 e. The number of rotatable bonds is 12. The van der Waals surface area contributed by atoms with Crippen LogP contribution in [0, 0.1) is 0 Å². The molecule has 0 radical (unpaired) electrons. The summed E-state index contributed by atoms with van der Waals surface area (Å²) in [6.07, 6.45) is 1.30. The third kappa shape index (κ3) is 6.85. The molecule has 4 unspecified atom stereocenters. The maximum atomic E-state index is 13.0. The first-order chi connectivity index (χ1) is 18.0. The van der Waals surface area contributed by atoms with Crippen molar-refractivity contribution in [3.8, 4) is 0 Å². The Balaban J connectivity index is 1.72. The molecule has 14 heteroatoms. The van der Waals surface area contributed by atoms with Crippen molar-refractivity contribution < 1.29 is 33.9 Å². The van der Waals surface area contributed by atoms with Crippen molar-refractivity contribution in [2.45, 2.75) is 56.3 Å². The number of carbonyl (C=O) groups excluding carboxylic acids is 5. The minimum atomic E-state index is -1.48.